The Morgan fingerprint density at radius 1 is 1.83 bits per heavy atom. The second-order valence-corrected chi connectivity index (χ2v) is 2.37. The van der Waals surface area contributed by atoms with Gasteiger partial charge in [0, 0.05) is 0 Å². The fourth-order valence-electron chi connectivity index (χ4n) is 0.0768. The zero-order valence-electron chi connectivity index (χ0n) is 3.15. The first-order chi connectivity index (χ1) is 2.77. The Kier molecular flexibility index (Phi) is 3.74. The fourth-order valence-corrected chi connectivity index (χ4v) is 0.691. The van der Waals surface area contributed by atoms with Gasteiger partial charge in [0.2, 0.25) is 0 Å². The lowest BCUT2D eigenvalue weighted by Gasteiger charge is -1.81. The third kappa shape index (κ3) is 4.35. The SMILES string of the molecule is N=[P+]([O-])CCCl. The smallest absolute Gasteiger partial charge is 0.160 e. The Balaban J connectivity index is 2.83. The maximum Gasteiger partial charge on any atom is 0.160 e. The lowest BCUT2D eigenvalue weighted by molar-refractivity contribution is -0.156. The monoisotopic (exact) mass is 125 g/mol. The van der Waals surface area contributed by atoms with Crippen LogP contribution in [0, 0.1) is 5.16 Å². The molecule has 0 saturated carbocycles. The molecule has 1 N–H and O–H groups in total. The highest BCUT2D eigenvalue weighted by Gasteiger charge is 1.87. The molecule has 4 heteroatoms. The molecule has 1 unspecified atom stereocenters. The van der Waals surface area contributed by atoms with E-state index < -0.39 is 7.94 Å². The van der Waals surface area contributed by atoms with E-state index in [1.807, 2.05) is 0 Å². The van der Waals surface area contributed by atoms with Crippen molar-refractivity contribution in [3.63, 3.8) is 0 Å². The van der Waals surface area contributed by atoms with Gasteiger partial charge in [-0.1, -0.05) is 0 Å². The van der Waals surface area contributed by atoms with Gasteiger partial charge in [-0.2, -0.15) is 0 Å². The first-order valence-corrected chi connectivity index (χ1v) is 3.47. The van der Waals surface area contributed by atoms with Crippen LogP contribution in [-0.4, -0.2) is 12.0 Å². The largest absolute Gasteiger partial charge is 0.612 e. The molecule has 0 amide bonds. The van der Waals surface area contributed by atoms with Gasteiger partial charge < -0.3 is 4.89 Å². The van der Waals surface area contributed by atoms with Crippen LogP contribution in [0.15, 0.2) is 0 Å². The average Bonchev–Trinajstić information content (AvgIpc) is 1.35. The van der Waals surface area contributed by atoms with Crippen molar-refractivity contribution in [1.29, 1.82) is 5.16 Å². The molecule has 2 nitrogen and oxygen atoms in total. The third-order valence-corrected chi connectivity index (χ3v) is 1.37. The van der Waals surface area contributed by atoms with E-state index in [9.17, 15) is 4.89 Å². The number of alkyl halides is 1. The number of halogens is 1. The van der Waals surface area contributed by atoms with E-state index in [0.717, 1.165) is 0 Å². The summed E-state index contributed by atoms with van der Waals surface area (Å²) in [5.41, 5.74) is 0. The van der Waals surface area contributed by atoms with Crippen LogP contribution >= 0.6 is 19.5 Å². The fraction of sp³-hybridized carbons (Fsp3) is 1.00. The van der Waals surface area contributed by atoms with E-state index in [4.69, 9.17) is 16.8 Å². The summed E-state index contributed by atoms with van der Waals surface area (Å²) in [7, 11) is -1.73. The molecule has 0 fully saturated rings. The van der Waals surface area contributed by atoms with Crippen LogP contribution < -0.4 is 4.89 Å². The lowest BCUT2D eigenvalue weighted by atomic mass is 11.0. The molecular formula is C2H5ClNOP. The quantitative estimate of drug-likeness (QED) is 0.430. The van der Waals surface area contributed by atoms with Crippen molar-refractivity contribution in [2.45, 2.75) is 0 Å². The zero-order chi connectivity index (χ0) is 4.99. The van der Waals surface area contributed by atoms with Gasteiger partial charge in [0.25, 0.3) is 0 Å². The van der Waals surface area contributed by atoms with Crippen molar-refractivity contribution >= 4 is 19.5 Å². The molecule has 0 heterocycles. The van der Waals surface area contributed by atoms with Gasteiger partial charge in [-0.3, -0.25) is 0 Å². The van der Waals surface area contributed by atoms with Crippen molar-refractivity contribution in [1.82, 2.24) is 0 Å². The first kappa shape index (κ1) is 6.35. The standard InChI is InChI=1S/C2H5ClNOP/c3-1-2-6(4)5/h4H,1-2H2. The molecule has 36 valence electrons. The molecular weight excluding hydrogens is 120 g/mol. The Morgan fingerprint density at radius 2 is 2.33 bits per heavy atom. The average molecular weight is 125 g/mol. The summed E-state index contributed by atoms with van der Waals surface area (Å²) in [6.45, 7) is 0. The summed E-state index contributed by atoms with van der Waals surface area (Å²) >= 11 is 5.09. The predicted octanol–water partition coefficient (Wildman–Crippen LogP) is 0.745. The van der Waals surface area contributed by atoms with E-state index >= 15 is 0 Å². The molecule has 0 aliphatic heterocycles. The van der Waals surface area contributed by atoms with Crippen LogP contribution in [0.25, 0.3) is 0 Å². The molecule has 0 aliphatic rings. The Morgan fingerprint density at radius 3 is 2.33 bits per heavy atom. The van der Waals surface area contributed by atoms with Crippen LogP contribution in [-0.2, 0) is 0 Å². The Hall–Kier alpha value is 0.350. The van der Waals surface area contributed by atoms with Gasteiger partial charge in [0.15, 0.2) is 7.94 Å². The first-order valence-electron chi connectivity index (χ1n) is 1.49. The molecule has 0 rings (SSSR count). The second kappa shape index (κ2) is 3.54. The number of nitrogens with one attached hydrogen (secondary N) is 1. The lowest BCUT2D eigenvalue weighted by Crippen LogP contribution is -1.89. The van der Waals surface area contributed by atoms with Gasteiger partial charge in [0.05, 0.1) is 5.88 Å². The van der Waals surface area contributed by atoms with Crippen LogP contribution in [0.3, 0.4) is 0 Å². The molecule has 0 aromatic carbocycles. The molecule has 0 aromatic rings. The van der Waals surface area contributed by atoms with E-state index in [2.05, 4.69) is 0 Å². The summed E-state index contributed by atoms with van der Waals surface area (Å²) in [5.74, 6) is 0.332. The van der Waals surface area contributed by atoms with Crippen molar-refractivity contribution in [3.05, 3.63) is 0 Å². The Labute approximate surface area is 42.5 Å². The van der Waals surface area contributed by atoms with Crippen molar-refractivity contribution in [2.75, 3.05) is 12.0 Å². The van der Waals surface area contributed by atoms with Crippen LogP contribution in [0.5, 0.6) is 0 Å². The van der Waals surface area contributed by atoms with E-state index in [1.165, 1.54) is 0 Å². The van der Waals surface area contributed by atoms with Gasteiger partial charge in [-0.15, -0.1) is 16.8 Å². The molecule has 1 atom stereocenters. The van der Waals surface area contributed by atoms with Crippen molar-refractivity contribution in [3.8, 4) is 0 Å². The summed E-state index contributed by atoms with van der Waals surface area (Å²) in [4.78, 5) is 9.77. The maximum atomic E-state index is 9.77. The van der Waals surface area contributed by atoms with Gasteiger partial charge in [-0.05, 0) is 0 Å². The van der Waals surface area contributed by atoms with E-state index in [0.29, 0.717) is 12.0 Å². The second-order valence-electron chi connectivity index (χ2n) is 0.791. The molecule has 0 spiro atoms. The summed E-state index contributed by atoms with van der Waals surface area (Å²) < 4.78 is 0. The van der Waals surface area contributed by atoms with Crippen LogP contribution in [0.2, 0.25) is 0 Å². The number of hydrogen-bond acceptors (Lipinski definition) is 2. The number of hydrogen-bond donors (Lipinski definition) is 1. The van der Waals surface area contributed by atoms with E-state index in [1.54, 1.807) is 0 Å². The topological polar surface area (TPSA) is 46.9 Å². The molecule has 6 heavy (non-hydrogen) atoms. The number of rotatable bonds is 2. The van der Waals surface area contributed by atoms with Gasteiger partial charge >= 0.3 is 0 Å². The highest BCUT2D eigenvalue weighted by atomic mass is 35.5. The molecule has 0 aliphatic carbocycles. The van der Waals surface area contributed by atoms with E-state index in [-0.39, 0.29) is 0 Å². The Bertz CT molecular complexity index is 57.5. The minimum absolute atomic E-state index is 0.316. The van der Waals surface area contributed by atoms with Crippen LogP contribution in [0.1, 0.15) is 0 Å². The molecule has 0 aromatic heterocycles. The normalized spacial score (nSPS) is 11.3. The van der Waals surface area contributed by atoms with Crippen LogP contribution in [0.4, 0.5) is 0 Å². The molecule has 0 saturated heterocycles. The predicted molar refractivity (Wildman–Crippen MR) is 25.2 cm³/mol. The molecule has 0 radical (unpaired) electrons. The maximum absolute atomic E-state index is 9.77. The van der Waals surface area contributed by atoms with Crippen molar-refractivity contribution in [2.24, 2.45) is 0 Å². The highest BCUT2D eigenvalue weighted by molar-refractivity contribution is 7.37. The summed E-state index contributed by atoms with van der Waals surface area (Å²) in [6, 6.07) is 0. The zero-order valence-corrected chi connectivity index (χ0v) is 4.80. The minimum atomic E-state index is -1.73. The third-order valence-electron chi connectivity index (χ3n) is 0.288. The minimum Gasteiger partial charge on any atom is -0.612 e. The summed E-state index contributed by atoms with van der Waals surface area (Å²) in [6.07, 6.45) is 0.316. The van der Waals surface area contributed by atoms with Gasteiger partial charge in [-0.25, -0.2) is 0 Å². The summed E-state index contributed by atoms with van der Waals surface area (Å²) in [5, 5.41) is 6.40. The van der Waals surface area contributed by atoms with Crippen molar-refractivity contribution < 1.29 is 4.89 Å². The van der Waals surface area contributed by atoms with Gasteiger partial charge in [0.1, 0.15) is 6.16 Å². The highest BCUT2D eigenvalue weighted by Crippen LogP contribution is 2.05. The molecule has 0 bridgehead atoms.